The fourth-order valence-corrected chi connectivity index (χ4v) is 2.21. The molecule has 0 radical (unpaired) electrons. The molecule has 1 aliphatic heterocycles. The van der Waals surface area contributed by atoms with E-state index in [-0.39, 0.29) is 17.6 Å². The van der Waals surface area contributed by atoms with Gasteiger partial charge < -0.3 is 8.92 Å². The Hall–Kier alpha value is -0.760. The highest BCUT2D eigenvalue weighted by atomic mass is 32.2. The third-order valence-corrected chi connectivity index (χ3v) is 3.62. The zero-order valence-corrected chi connectivity index (χ0v) is 8.90. The molecule has 2 aliphatic rings. The Balaban J connectivity index is 2.10. The van der Waals surface area contributed by atoms with Crippen molar-refractivity contribution >= 4 is 10.1 Å². The van der Waals surface area contributed by atoms with Crippen LogP contribution in [0.2, 0.25) is 0 Å². The molecule has 0 aromatic rings. The van der Waals surface area contributed by atoms with Crippen molar-refractivity contribution in [2.75, 3.05) is 13.2 Å². The van der Waals surface area contributed by atoms with Crippen LogP contribution < -0.4 is 0 Å². The Bertz CT molecular complexity index is 419. The summed E-state index contributed by atoms with van der Waals surface area (Å²) >= 11 is 0. The lowest BCUT2D eigenvalue weighted by Crippen LogP contribution is -2.38. The molecule has 0 unspecified atom stereocenters. The molecular weight excluding hydrogens is 249 g/mol. The molecule has 1 saturated heterocycles. The van der Waals surface area contributed by atoms with Crippen LogP contribution >= 0.6 is 0 Å². The van der Waals surface area contributed by atoms with Crippen molar-refractivity contribution in [3.8, 4) is 0 Å². The molecular formula is C8H9F3O4S. The van der Waals surface area contributed by atoms with Gasteiger partial charge in [0.1, 0.15) is 5.76 Å². The largest absolute Gasteiger partial charge is 0.534 e. The van der Waals surface area contributed by atoms with Gasteiger partial charge >= 0.3 is 15.6 Å². The molecule has 2 rings (SSSR count). The zero-order valence-electron chi connectivity index (χ0n) is 8.08. The summed E-state index contributed by atoms with van der Waals surface area (Å²) in [5.41, 5.74) is -5.68. The van der Waals surface area contributed by atoms with Crippen LogP contribution in [0.5, 0.6) is 0 Å². The maximum absolute atomic E-state index is 12.0. The first kappa shape index (κ1) is 11.7. The van der Waals surface area contributed by atoms with Gasteiger partial charge in [-0.15, -0.1) is 0 Å². The number of halogens is 3. The number of ether oxygens (including phenoxy) is 1. The predicted octanol–water partition coefficient (Wildman–Crippen LogP) is 1.55. The lowest BCUT2D eigenvalue weighted by molar-refractivity contribution is -0.0814. The first-order chi connectivity index (χ1) is 7.24. The van der Waals surface area contributed by atoms with Crippen LogP contribution in [0, 0.1) is 5.41 Å². The Morgan fingerprint density at radius 3 is 2.38 bits per heavy atom. The minimum absolute atomic E-state index is 0.138. The Morgan fingerprint density at radius 1 is 1.38 bits per heavy atom. The molecule has 92 valence electrons. The number of hydrogen-bond acceptors (Lipinski definition) is 4. The first-order valence-electron chi connectivity index (χ1n) is 4.54. The fourth-order valence-electron chi connectivity index (χ4n) is 1.70. The second kappa shape index (κ2) is 3.36. The van der Waals surface area contributed by atoms with Crippen LogP contribution in [-0.4, -0.2) is 27.1 Å². The summed E-state index contributed by atoms with van der Waals surface area (Å²) in [4.78, 5) is 0. The normalized spacial score (nSPS) is 24.1. The predicted molar refractivity (Wildman–Crippen MR) is 46.6 cm³/mol. The van der Waals surface area contributed by atoms with E-state index in [0.717, 1.165) is 0 Å². The summed E-state index contributed by atoms with van der Waals surface area (Å²) in [6, 6.07) is 0. The van der Waals surface area contributed by atoms with Crippen molar-refractivity contribution in [3.05, 3.63) is 11.8 Å². The quantitative estimate of drug-likeness (QED) is 0.557. The van der Waals surface area contributed by atoms with Gasteiger partial charge in [0, 0.05) is 11.8 Å². The van der Waals surface area contributed by atoms with Gasteiger partial charge in [-0.3, -0.25) is 0 Å². The van der Waals surface area contributed by atoms with Crippen molar-refractivity contribution in [2.24, 2.45) is 5.41 Å². The van der Waals surface area contributed by atoms with Gasteiger partial charge in [-0.2, -0.15) is 21.6 Å². The van der Waals surface area contributed by atoms with E-state index >= 15 is 0 Å². The third-order valence-electron chi connectivity index (χ3n) is 2.62. The summed E-state index contributed by atoms with van der Waals surface area (Å²) in [5.74, 6) is -0.138. The minimum Gasteiger partial charge on any atom is -0.381 e. The Labute approximate surface area is 90.2 Å². The van der Waals surface area contributed by atoms with Crippen LogP contribution in [0.1, 0.15) is 12.8 Å². The lowest BCUT2D eigenvalue weighted by Gasteiger charge is -2.35. The molecule has 1 spiro atoms. The molecule has 1 aliphatic carbocycles. The van der Waals surface area contributed by atoms with E-state index in [0.29, 0.717) is 19.6 Å². The van der Waals surface area contributed by atoms with Gasteiger partial charge in [0.15, 0.2) is 0 Å². The minimum atomic E-state index is -5.52. The third kappa shape index (κ3) is 1.91. The Morgan fingerprint density at radius 2 is 2.00 bits per heavy atom. The van der Waals surface area contributed by atoms with Crippen molar-refractivity contribution in [3.63, 3.8) is 0 Å². The summed E-state index contributed by atoms with van der Waals surface area (Å²) in [7, 11) is -5.52. The van der Waals surface area contributed by atoms with E-state index in [2.05, 4.69) is 4.18 Å². The molecule has 16 heavy (non-hydrogen) atoms. The standard InChI is InChI=1S/C8H9F3O4S/c9-8(10,11)16(12,13)15-6-1-2-7(3-6)4-14-5-7/h3H,1-2,4-5H2. The van der Waals surface area contributed by atoms with Gasteiger partial charge in [0.25, 0.3) is 0 Å². The summed E-state index contributed by atoms with van der Waals surface area (Å²) < 4.78 is 66.4. The van der Waals surface area contributed by atoms with E-state index in [4.69, 9.17) is 4.74 Å². The van der Waals surface area contributed by atoms with Gasteiger partial charge in [0.05, 0.1) is 13.2 Å². The fraction of sp³-hybridized carbons (Fsp3) is 0.750. The highest BCUT2D eigenvalue weighted by molar-refractivity contribution is 7.87. The molecule has 0 amide bonds. The highest BCUT2D eigenvalue weighted by Crippen LogP contribution is 2.43. The molecule has 0 aromatic carbocycles. The van der Waals surface area contributed by atoms with Crippen LogP contribution in [0.4, 0.5) is 13.2 Å². The summed E-state index contributed by atoms with van der Waals surface area (Å²) in [5, 5.41) is 0. The van der Waals surface area contributed by atoms with Crippen molar-refractivity contribution in [1.82, 2.24) is 0 Å². The zero-order chi connectivity index (χ0) is 12.0. The molecule has 4 nitrogen and oxygen atoms in total. The molecule has 0 saturated carbocycles. The lowest BCUT2D eigenvalue weighted by atomic mass is 9.86. The molecule has 0 atom stereocenters. The molecule has 1 heterocycles. The number of hydrogen-bond donors (Lipinski definition) is 0. The molecule has 1 fully saturated rings. The molecule has 0 N–H and O–H groups in total. The number of allylic oxidation sites excluding steroid dienone is 1. The number of alkyl halides is 3. The first-order valence-corrected chi connectivity index (χ1v) is 5.95. The van der Waals surface area contributed by atoms with E-state index in [9.17, 15) is 21.6 Å². The highest BCUT2D eigenvalue weighted by Gasteiger charge is 2.50. The Kier molecular flexibility index (Phi) is 2.46. The van der Waals surface area contributed by atoms with Gasteiger partial charge in [0.2, 0.25) is 0 Å². The SMILES string of the molecule is O=S(=O)(OC1=CC2(CC1)COC2)C(F)(F)F. The van der Waals surface area contributed by atoms with Gasteiger partial charge in [-0.05, 0) is 12.5 Å². The molecule has 8 heteroatoms. The number of rotatable bonds is 2. The van der Waals surface area contributed by atoms with Crippen LogP contribution in [-0.2, 0) is 19.0 Å². The summed E-state index contributed by atoms with van der Waals surface area (Å²) in [6.07, 6.45) is 2.19. The second-order valence-corrected chi connectivity index (χ2v) is 5.49. The van der Waals surface area contributed by atoms with Crippen LogP contribution in [0.15, 0.2) is 11.8 Å². The van der Waals surface area contributed by atoms with E-state index in [1.165, 1.54) is 6.08 Å². The maximum atomic E-state index is 12.0. The molecule has 0 aromatic heterocycles. The average Bonchev–Trinajstić information content (AvgIpc) is 2.44. The van der Waals surface area contributed by atoms with Crippen LogP contribution in [0.25, 0.3) is 0 Å². The van der Waals surface area contributed by atoms with Crippen molar-refractivity contribution in [1.29, 1.82) is 0 Å². The van der Waals surface area contributed by atoms with Gasteiger partial charge in [-0.25, -0.2) is 0 Å². The monoisotopic (exact) mass is 258 g/mol. The topological polar surface area (TPSA) is 52.6 Å². The van der Waals surface area contributed by atoms with E-state index in [1.54, 1.807) is 0 Å². The van der Waals surface area contributed by atoms with Gasteiger partial charge in [-0.1, -0.05) is 0 Å². The summed E-state index contributed by atoms with van der Waals surface area (Å²) in [6.45, 7) is 0.817. The molecule has 0 bridgehead atoms. The smallest absolute Gasteiger partial charge is 0.381 e. The van der Waals surface area contributed by atoms with E-state index in [1.807, 2.05) is 0 Å². The van der Waals surface area contributed by atoms with Crippen molar-refractivity contribution in [2.45, 2.75) is 18.3 Å². The second-order valence-electron chi connectivity index (χ2n) is 3.95. The maximum Gasteiger partial charge on any atom is 0.534 e. The van der Waals surface area contributed by atoms with Crippen LogP contribution in [0.3, 0.4) is 0 Å². The average molecular weight is 258 g/mol. The van der Waals surface area contributed by atoms with E-state index < -0.39 is 15.6 Å². The van der Waals surface area contributed by atoms with Crippen molar-refractivity contribution < 1.29 is 30.5 Å².